The molecule has 0 aromatic heterocycles. The summed E-state index contributed by atoms with van der Waals surface area (Å²) in [5, 5.41) is 0. The van der Waals surface area contributed by atoms with Crippen LogP contribution in [0.4, 0.5) is 0 Å². The third-order valence-electron chi connectivity index (χ3n) is 3.93. The molecule has 2 atom stereocenters. The van der Waals surface area contributed by atoms with Crippen molar-refractivity contribution in [2.45, 2.75) is 60.3 Å². The predicted octanol–water partition coefficient (Wildman–Crippen LogP) is 6.32. The maximum atomic E-state index is 11.5. The first-order chi connectivity index (χ1) is 13.8. The molecule has 0 aliphatic rings. The van der Waals surface area contributed by atoms with Gasteiger partial charge in [-0.05, 0) is 60.3 Å². The van der Waals surface area contributed by atoms with Crippen LogP contribution >= 0.6 is 15.4 Å². The highest BCUT2D eigenvalue weighted by atomic mass is 31.3. The van der Waals surface area contributed by atoms with Crippen LogP contribution in [0.25, 0.3) is 0 Å². The number of phosphoric ester groups is 1. The normalized spacial score (nSPS) is 17.4. The third-order valence-corrected chi connectivity index (χ3v) is 6.44. The van der Waals surface area contributed by atoms with E-state index in [1.807, 2.05) is 13.8 Å². The Morgan fingerprint density at radius 2 is 1.33 bits per heavy atom. The van der Waals surface area contributed by atoms with Crippen LogP contribution in [-0.2, 0) is 22.7 Å². The van der Waals surface area contributed by atoms with E-state index >= 15 is 0 Å². The van der Waals surface area contributed by atoms with Gasteiger partial charge in [-0.2, -0.15) is 0 Å². The molecule has 2 unspecified atom stereocenters. The molecule has 2 N–H and O–H groups in total. The zero-order chi connectivity index (χ0) is 23.2. The van der Waals surface area contributed by atoms with Crippen molar-refractivity contribution in [1.29, 1.82) is 0 Å². The highest BCUT2D eigenvalue weighted by molar-refractivity contribution is 7.63. The van der Waals surface area contributed by atoms with Crippen LogP contribution in [-0.4, -0.2) is 36.3 Å². The molecule has 0 spiro atoms. The predicted molar refractivity (Wildman–Crippen MR) is 123 cm³/mol. The molecule has 9 heteroatoms. The van der Waals surface area contributed by atoms with E-state index in [4.69, 9.17) is 9.63 Å². The molecule has 174 valence electrons. The molecule has 0 aromatic rings. The molecule has 0 rings (SSSR count). The van der Waals surface area contributed by atoms with Gasteiger partial charge in [0.2, 0.25) is 0 Å². The first kappa shape index (κ1) is 29.2. The summed E-state index contributed by atoms with van der Waals surface area (Å²) in [6.07, 6.45) is 11.8. The van der Waals surface area contributed by atoms with Crippen LogP contribution in [0.15, 0.2) is 46.6 Å². The molecule has 0 amide bonds. The first-order valence-electron chi connectivity index (χ1n) is 9.97. The summed E-state index contributed by atoms with van der Waals surface area (Å²) in [6, 6.07) is 0. The average Bonchev–Trinajstić information content (AvgIpc) is 2.56. The van der Waals surface area contributed by atoms with Crippen molar-refractivity contribution >= 4 is 15.4 Å². The van der Waals surface area contributed by atoms with E-state index in [1.165, 1.54) is 11.1 Å². The van der Waals surface area contributed by atoms with E-state index in [2.05, 4.69) is 47.8 Å². The van der Waals surface area contributed by atoms with Gasteiger partial charge in [-0.1, -0.05) is 46.6 Å². The fraction of sp³-hybridized carbons (Fsp3) is 0.619. The first-order valence-corrected chi connectivity index (χ1v) is 13.5. The highest BCUT2D eigenvalue weighted by Crippen LogP contribution is 2.57. The van der Waals surface area contributed by atoms with E-state index in [9.17, 15) is 14.0 Å². The maximum absolute atomic E-state index is 11.5. The second-order valence-electron chi connectivity index (χ2n) is 7.67. The minimum Gasteiger partial charge on any atom is -0.373 e. The van der Waals surface area contributed by atoms with Gasteiger partial charge >= 0.3 is 15.4 Å². The number of phosphoric acid groups is 1. The molecule has 0 bridgehead atoms. The van der Waals surface area contributed by atoms with Crippen molar-refractivity contribution in [3.63, 3.8) is 0 Å². The van der Waals surface area contributed by atoms with Gasteiger partial charge in [0.25, 0.3) is 0 Å². The number of ether oxygens (including phenoxy) is 1. The van der Waals surface area contributed by atoms with E-state index in [-0.39, 0.29) is 6.61 Å². The smallest absolute Gasteiger partial charge is 0.373 e. The minimum atomic E-state index is -4.54. The molecule has 0 saturated carbocycles. The van der Waals surface area contributed by atoms with E-state index in [0.29, 0.717) is 13.2 Å². The summed E-state index contributed by atoms with van der Waals surface area (Å²) in [5.74, 6) is 0. The van der Waals surface area contributed by atoms with Gasteiger partial charge in [-0.15, -0.1) is 0 Å². The average molecular weight is 464 g/mol. The Hall–Kier alpha value is -0.780. The summed E-state index contributed by atoms with van der Waals surface area (Å²) < 4.78 is 37.0. The molecule has 7 nitrogen and oxygen atoms in total. The van der Waals surface area contributed by atoms with Gasteiger partial charge in [0.1, 0.15) is 0 Å². The van der Waals surface area contributed by atoms with Crippen molar-refractivity contribution < 1.29 is 32.5 Å². The molecule has 0 heterocycles. The van der Waals surface area contributed by atoms with Gasteiger partial charge in [0, 0.05) is 6.66 Å². The lowest BCUT2D eigenvalue weighted by Gasteiger charge is -2.12. The summed E-state index contributed by atoms with van der Waals surface area (Å²) >= 11 is 0. The lowest BCUT2D eigenvalue weighted by atomic mass is 10.1. The van der Waals surface area contributed by atoms with Crippen molar-refractivity contribution in [3.8, 4) is 0 Å². The van der Waals surface area contributed by atoms with Crippen molar-refractivity contribution in [1.82, 2.24) is 0 Å². The number of allylic oxidation sites excluding steroid dienone is 5. The van der Waals surface area contributed by atoms with Crippen LogP contribution in [0.1, 0.15) is 60.3 Å². The largest absolute Gasteiger partial charge is 0.479 e. The lowest BCUT2D eigenvalue weighted by Crippen LogP contribution is -1.97. The number of rotatable bonds is 15. The zero-order valence-corrected chi connectivity index (χ0v) is 20.9. The Morgan fingerprint density at radius 3 is 1.87 bits per heavy atom. The van der Waals surface area contributed by atoms with Crippen LogP contribution in [0, 0.1) is 0 Å². The second-order valence-corrected chi connectivity index (χ2v) is 11.1. The zero-order valence-electron chi connectivity index (χ0n) is 19.1. The van der Waals surface area contributed by atoms with Gasteiger partial charge < -0.3 is 14.5 Å². The fourth-order valence-corrected chi connectivity index (χ4v) is 4.29. The molecular weight excluding hydrogens is 426 g/mol. The third kappa shape index (κ3) is 19.2. The van der Waals surface area contributed by atoms with Crippen LogP contribution < -0.4 is 0 Å². The summed E-state index contributed by atoms with van der Waals surface area (Å²) in [6.45, 7) is 12.1. The molecule has 0 aromatic carbocycles. The number of hydrogen-bond donors (Lipinski definition) is 2. The molecule has 0 fully saturated rings. The Morgan fingerprint density at radius 1 is 0.800 bits per heavy atom. The standard InChI is InChI=1S/C21H38O7P2/c1-18(2)9-7-10-19(3)13-15-26-17-21(5)12-8-11-20(4)14-16-27-30(24,25)28-29(6,22)23/h9,12-14H,7-8,10-11,15-17H2,1-6H3,(H,22,23)(H,24,25)/b19-13+,20-14+,21-12+. The maximum Gasteiger partial charge on any atom is 0.479 e. The SMILES string of the molecule is CC(C)=CCC/C(C)=C/COC/C(C)=C/CC/C(C)=C/COP(=O)(O)OP(C)(=O)O. The van der Waals surface area contributed by atoms with Crippen LogP contribution in [0.3, 0.4) is 0 Å². The molecular formula is C21H38O7P2. The van der Waals surface area contributed by atoms with E-state index < -0.39 is 15.4 Å². The Bertz CT molecular complexity index is 726. The Kier molecular flexibility index (Phi) is 14.7. The lowest BCUT2D eigenvalue weighted by molar-refractivity contribution is 0.186. The summed E-state index contributed by atoms with van der Waals surface area (Å²) in [5.41, 5.74) is 4.79. The van der Waals surface area contributed by atoms with Crippen molar-refractivity contribution in [2.75, 3.05) is 26.5 Å². The summed E-state index contributed by atoms with van der Waals surface area (Å²) in [7, 11) is -8.63. The second kappa shape index (κ2) is 15.1. The van der Waals surface area contributed by atoms with Gasteiger partial charge in [-0.3, -0.25) is 9.09 Å². The minimum absolute atomic E-state index is 0.176. The molecule has 0 radical (unpaired) electrons. The van der Waals surface area contributed by atoms with Crippen molar-refractivity contribution in [3.05, 3.63) is 46.6 Å². The topological polar surface area (TPSA) is 102 Å². The van der Waals surface area contributed by atoms with E-state index in [0.717, 1.165) is 43.5 Å². The molecule has 30 heavy (non-hydrogen) atoms. The monoisotopic (exact) mass is 464 g/mol. The van der Waals surface area contributed by atoms with Crippen molar-refractivity contribution in [2.24, 2.45) is 0 Å². The van der Waals surface area contributed by atoms with E-state index in [1.54, 1.807) is 6.08 Å². The van der Waals surface area contributed by atoms with Crippen LogP contribution in [0.5, 0.6) is 0 Å². The van der Waals surface area contributed by atoms with Crippen LogP contribution in [0.2, 0.25) is 0 Å². The van der Waals surface area contributed by atoms with Gasteiger partial charge in [0.05, 0.1) is 19.8 Å². The van der Waals surface area contributed by atoms with Gasteiger partial charge in [0.15, 0.2) is 0 Å². The fourth-order valence-electron chi connectivity index (χ4n) is 2.31. The quantitative estimate of drug-likeness (QED) is 0.166. The Labute approximate surface area is 181 Å². The molecule has 0 aliphatic heterocycles. The highest BCUT2D eigenvalue weighted by Gasteiger charge is 2.29. The molecule has 0 saturated heterocycles. The Balaban J connectivity index is 4.13. The van der Waals surface area contributed by atoms with Gasteiger partial charge in [-0.25, -0.2) is 8.88 Å². The molecule has 0 aliphatic carbocycles. The summed E-state index contributed by atoms with van der Waals surface area (Å²) in [4.78, 5) is 18.3. The number of hydrogen-bond acceptors (Lipinski definition) is 5.